The molecular weight excluding hydrogens is 408 g/mol. The van der Waals surface area contributed by atoms with Crippen LogP contribution >= 0.6 is 11.3 Å². The third kappa shape index (κ3) is 4.68. The first-order chi connectivity index (χ1) is 13.7. The van der Waals surface area contributed by atoms with Gasteiger partial charge in [0, 0.05) is 12.1 Å². The molecule has 1 aliphatic rings. The quantitative estimate of drug-likeness (QED) is 0.699. The van der Waals surface area contributed by atoms with Crippen molar-refractivity contribution in [3.63, 3.8) is 0 Å². The molecular formula is C20H26N4O3S2. The molecule has 0 saturated carbocycles. The van der Waals surface area contributed by atoms with Crippen LogP contribution in [0.25, 0.3) is 0 Å². The number of amides is 1. The summed E-state index contributed by atoms with van der Waals surface area (Å²) in [6, 6.07) is 8.04. The minimum absolute atomic E-state index is 0.0522. The Bertz CT molecular complexity index is 998. The SMILES string of the molecule is CC(C)[C@H](N=C1NS(=O)(=O)c2ccccc21)C(=O)NCC(c1ccsc1)N(C)C. The van der Waals surface area contributed by atoms with Gasteiger partial charge >= 0.3 is 0 Å². The molecule has 156 valence electrons. The molecule has 2 atom stereocenters. The number of amidine groups is 1. The topological polar surface area (TPSA) is 90.9 Å². The summed E-state index contributed by atoms with van der Waals surface area (Å²) in [5, 5.41) is 7.08. The smallest absolute Gasteiger partial charge is 0.263 e. The van der Waals surface area contributed by atoms with Crippen molar-refractivity contribution in [1.29, 1.82) is 0 Å². The second-order valence-corrected chi connectivity index (χ2v) is 9.98. The van der Waals surface area contributed by atoms with Gasteiger partial charge < -0.3 is 10.2 Å². The number of likely N-dealkylation sites (N-methyl/N-ethyl adjacent to an activating group) is 1. The van der Waals surface area contributed by atoms with Gasteiger partial charge in [-0.15, -0.1) is 0 Å². The van der Waals surface area contributed by atoms with E-state index in [4.69, 9.17) is 0 Å². The molecule has 3 rings (SSSR count). The average molecular weight is 435 g/mol. The second-order valence-electron chi connectivity index (χ2n) is 7.55. The lowest BCUT2D eigenvalue weighted by molar-refractivity contribution is -0.123. The highest BCUT2D eigenvalue weighted by Crippen LogP contribution is 2.24. The van der Waals surface area contributed by atoms with Crippen LogP contribution in [0.15, 0.2) is 51.0 Å². The predicted octanol–water partition coefficient (Wildman–Crippen LogP) is 2.23. The van der Waals surface area contributed by atoms with Crippen molar-refractivity contribution in [3.8, 4) is 0 Å². The fraction of sp³-hybridized carbons (Fsp3) is 0.400. The molecule has 0 saturated heterocycles. The van der Waals surface area contributed by atoms with Crippen LogP contribution in [0.3, 0.4) is 0 Å². The number of carbonyl (C=O) groups is 1. The van der Waals surface area contributed by atoms with Gasteiger partial charge in [-0.25, -0.2) is 8.42 Å². The molecule has 2 aromatic rings. The zero-order valence-electron chi connectivity index (χ0n) is 16.9. The number of carbonyl (C=O) groups excluding carboxylic acids is 1. The number of fused-ring (bicyclic) bond motifs is 1. The van der Waals surface area contributed by atoms with Crippen LogP contribution in [0.4, 0.5) is 0 Å². The number of hydrogen-bond donors (Lipinski definition) is 2. The van der Waals surface area contributed by atoms with Crippen molar-refractivity contribution in [1.82, 2.24) is 14.9 Å². The van der Waals surface area contributed by atoms with Crippen molar-refractivity contribution < 1.29 is 13.2 Å². The van der Waals surface area contributed by atoms with E-state index in [9.17, 15) is 13.2 Å². The van der Waals surface area contributed by atoms with Gasteiger partial charge in [0.05, 0.1) is 10.9 Å². The monoisotopic (exact) mass is 434 g/mol. The average Bonchev–Trinajstić information content (AvgIpc) is 3.26. The number of rotatable bonds is 7. The van der Waals surface area contributed by atoms with Gasteiger partial charge in [-0.1, -0.05) is 26.0 Å². The van der Waals surface area contributed by atoms with E-state index in [-0.39, 0.29) is 28.6 Å². The number of aliphatic imine (C=N–C) groups is 1. The minimum Gasteiger partial charge on any atom is -0.352 e. The summed E-state index contributed by atoms with van der Waals surface area (Å²) >= 11 is 1.62. The molecule has 2 heterocycles. The van der Waals surface area contributed by atoms with Gasteiger partial charge in [0.1, 0.15) is 11.9 Å². The summed E-state index contributed by atoms with van der Waals surface area (Å²) < 4.78 is 27.1. The number of thiophene rings is 1. The van der Waals surface area contributed by atoms with Gasteiger partial charge in [0.25, 0.3) is 10.0 Å². The number of hydrogen-bond acceptors (Lipinski definition) is 6. The van der Waals surface area contributed by atoms with E-state index >= 15 is 0 Å². The molecule has 1 aromatic carbocycles. The molecule has 2 N–H and O–H groups in total. The molecule has 0 radical (unpaired) electrons. The third-order valence-corrected chi connectivity index (χ3v) is 6.95. The molecule has 0 fully saturated rings. The molecule has 1 aliphatic heterocycles. The van der Waals surface area contributed by atoms with Crippen LogP contribution < -0.4 is 10.0 Å². The van der Waals surface area contributed by atoms with Crippen LogP contribution in [0, 0.1) is 5.92 Å². The van der Waals surface area contributed by atoms with Crippen LogP contribution in [-0.2, 0) is 14.8 Å². The largest absolute Gasteiger partial charge is 0.352 e. The maximum Gasteiger partial charge on any atom is 0.263 e. The van der Waals surface area contributed by atoms with E-state index in [0.29, 0.717) is 12.1 Å². The molecule has 1 unspecified atom stereocenters. The Labute approximate surface area is 175 Å². The molecule has 29 heavy (non-hydrogen) atoms. The summed E-state index contributed by atoms with van der Waals surface area (Å²) in [6.07, 6.45) is 0. The fourth-order valence-electron chi connectivity index (χ4n) is 3.24. The lowest BCUT2D eigenvalue weighted by Gasteiger charge is -2.25. The Kier molecular flexibility index (Phi) is 6.40. The van der Waals surface area contributed by atoms with E-state index in [1.54, 1.807) is 29.5 Å². The summed E-state index contributed by atoms with van der Waals surface area (Å²) in [5.74, 6) is -0.103. The molecule has 7 nitrogen and oxygen atoms in total. The lowest BCUT2D eigenvalue weighted by Crippen LogP contribution is -2.42. The second kappa shape index (κ2) is 8.64. The highest BCUT2D eigenvalue weighted by Gasteiger charge is 2.32. The maximum absolute atomic E-state index is 12.9. The number of nitrogens with one attached hydrogen (secondary N) is 2. The molecule has 1 aromatic heterocycles. The summed E-state index contributed by atoms with van der Waals surface area (Å²) in [5.41, 5.74) is 1.64. The van der Waals surface area contributed by atoms with Crippen molar-refractivity contribution in [3.05, 3.63) is 52.2 Å². The number of benzene rings is 1. The van der Waals surface area contributed by atoms with Gasteiger partial charge in [0.15, 0.2) is 0 Å². The van der Waals surface area contributed by atoms with E-state index in [1.165, 1.54) is 6.07 Å². The molecule has 0 spiro atoms. The normalized spacial score (nSPS) is 18.5. The highest BCUT2D eigenvalue weighted by molar-refractivity contribution is 7.90. The Hall–Kier alpha value is -2.23. The van der Waals surface area contributed by atoms with Gasteiger partial charge in [-0.05, 0) is 54.5 Å². The first kappa shape index (κ1) is 21.5. The Morgan fingerprint density at radius 1 is 1.24 bits per heavy atom. The number of sulfonamides is 1. The van der Waals surface area contributed by atoms with Crippen LogP contribution in [0.1, 0.15) is 31.0 Å². The van der Waals surface area contributed by atoms with Gasteiger partial charge in [0.2, 0.25) is 5.91 Å². The standard InChI is InChI=1S/C20H26N4O3S2/c1-13(2)18(20(25)21-11-16(24(3)4)14-9-10-28-12-14)22-19-15-7-5-6-8-17(15)29(26,27)23-19/h5-10,12-13,16,18H,11H2,1-4H3,(H,21,25)(H,22,23)/t16?,18-/m0/s1. The van der Waals surface area contributed by atoms with Crippen LogP contribution in [-0.4, -0.2) is 51.7 Å². The Morgan fingerprint density at radius 2 is 1.97 bits per heavy atom. The van der Waals surface area contributed by atoms with Crippen LogP contribution in [0.2, 0.25) is 0 Å². The zero-order chi connectivity index (χ0) is 21.2. The highest BCUT2D eigenvalue weighted by atomic mass is 32.2. The first-order valence-electron chi connectivity index (χ1n) is 9.37. The van der Waals surface area contributed by atoms with Crippen molar-refractivity contribution >= 4 is 33.1 Å². The molecule has 0 aliphatic carbocycles. The first-order valence-corrected chi connectivity index (χ1v) is 11.8. The fourth-order valence-corrected chi connectivity index (χ4v) is 5.19. The summed E-state index contributed by atoms with van der Waals surface area (Å²) in [6.45, 7) is 4.23. The predicted molar refractivity (Wildman–Crippen MR) is 116 cm³/mol. The lowest BCUT2D eigenvalue weighted by atomic mass is 10.0. The van der Waals surface area contributed by atoms with Crippen LogP contribution in [0.5, 0.6) is 0 Å². The van der Waals surface area contributed by atoms with Gasteiger partial charge in [-0.2, -0.15) is 11.3 Å². The summed E-state index contributed by atoms with van der Waals surface area (Å²) in [4.78, 5) is 19.7. The van der Waals surface area contributed by atoms with Crippen molar-refractivity contribution in [2.24, 2.45) is 10.9 Å². The zero-order valence-corrected chi connectivity index (χ0v) is 18.5. The Balaban J connectivity index is 1.80. The van der Waals surface area contributed by atoms with E-state index in [1.807, 2.05) is 39.4 Å². The van der Waals surface area contributed by atoms with Crippen molar-refractivity contribution in [2.45, 2.75) is 30.8 Å². The number of nitrogens with zero attached hydrogens (tertiary/aromatic N) is 2. The van der Waals surface area contributed by atoms with Gasteiger partial charge in [-0.3, -0.25) is 14.5 Å². The minimum atomic E-state index is -3.64. The maximum atomic E-state index is 12.9. The third-order valence-electron chi connectivity index (χ3n) is 4.85. The van der Waals surface area contributed by atoms with E-state index in [0.717, 1.165) is 5.56 Å². The Morgan fingerprint density at radius 3 is 2.59 bits per heavy atom. The summed E-state index contributed by atoms with van der Waals surface area (Å²) in [7, 11) is 0.306. The molecule has 0 bridgehead atoms. The van der Waals surface area contributed by atoms with Crippen molar-refractivity contribution in [2.75, 3.05) is 20.6 Å². The molecule has 1 amide bonds. The van der Waals surface area contributed by atoms with E-state index in [2.05, 4.69) is 25.3 Å². The van der Waals surface area contributed by atoms with E-state index < -0.39 is 16.1 Å². The molecule has 9 heteroatoms.